The van der Waals surface area contributed by atoms with Gasteiger partial charge in [0.2, 0.25) is 5.75 Å². The average molecular weight is 318 g/mol. The summed E-state index contributed by atoms with van der Waals surface area (Å²) in [6.45, 7) is 0. The van der Waals surface area contributed by atoms with Crippen LogP contribution in [0.5, 0.6) is 17.2 Å². The Kier molecular flexibility index (Phi) is 4.95. The number of carbonyl (C=O) groups is 2. The third-order valence-electron chi connectivity index (χ3n) is 3.29. The van der Waals surface area contributed by atoms with Gasteiger partial charge in [0.1, 0.15) is 5.82 Å². The first kappa shape index (κ1) is 16.5. The molecule has 0 heterocycles. The molecule has 0 amide bonds. The molecule has 2 aromatic rings. The van der Waals surface area contributed by atoms with Crippen molar-refractivity contribution in [2.24, 2.45) is 0 Å². The van der Waals surface area contributed by atoms with Crippen molar-refractivity contribution in [3.05, 3.63) is 53.3 Å². The van der Waals surface area contributed by atoms with E-state index in [0.717, 1.165) is 6.07 Å². The van der Waals surface area contributed by atoms with E-state index in [2.05, 4.69) is 0 Å². The number of ether oxygens (including phenoxy) is 2. The standard InChI is InChI=1S/C17H15FO5/c1-22-15-7-6-12(16(21)17(15)23-2)14(20)9-13(19)10-4-3-5-11(18)8-10/h3-8,21H,9H2,1-2H3. The van der Waals surface area contributed by atoms with Crippen LogP contribution in [0.25, 0.3) is 0 Å². The molecule has 2 rings (SSSR count). The lowest BCUT2D eigenvalue weighted by Gasteiger charge is -2.12. The highest BCUT2D eigenvalue weighted by Gasteiger charge is 2.21. The fraction of sp³-hybridized carbons (Fsp3) is 0.176. The van der Waals surface area contributed by atoms with Gasteiger partial charge in [-0.2, -0.15) is 0 Å². The number of phenols is 1. The Balaban J connectivity index is 2.26. The van der Waals surface area contributed by atoms with Crippen LogP contribution in [0.15, 0.2) is 36.4 Å². The molecule has 0 radical (unpaired) electrons. The normalized spacial score (nSPS) is 10.2. The van der Waals surface area contributed by atoms with Crippen LogP contribution in [0.1, 0.15) is 27.1 Å². The molecule has 0 aliphatic rings. The third-order valence-corrected chi connectivity index (χ3v) is 3.29. The number of rotatable bonds is 6. The largest absolute Gasteiger partial charge is 0.504 e. The quantitative estimate of drug-likeness (QED) is 0.655. The van der Waals surface area contributed by atoms with Gasteiger partial charge in [-0.05, 0) is 24.3 Å². The van der Waals surface area contributed by atoms with Gasteiger partial charge < -0.3 is 14.6 Å². The number of hydrogen-bond donors (Lipinski definition) is 1. The maximum Gasteiger partial charge on any atom is 0.203 e. The highest BCUT2D eigenvalue weighted by molar-refractivity contribution is 6.14. The summed E-state index contributed by atoms with van der Waals surface area (Å²) in [5.74, 6) is -1.82. The zero-order valence-corrected chi connectivity index (χ0v) is 12.6. The molecule has 0 unspecified atom stereocenters. The van der Waals surface area contributed by atoms with E-state index in [1.165, 1.54) is 44.6 Å². The van der Waals surface area contributed by atoms with Crippen LogP contribution >= 0.6 is 0 Å². The number of methoxy groups -OCH3 is 2. The van der Waals surface area contributed by atoms with Gasteiger partial charge >= 0.3 is 0 Å². The minimum Gasteiger partial charge on any atom is -0.504 e. The summed E-state index contributed by atoms with van der Waals surface area (Å²) in [5.41, 5.74) is 0.0331. The monoisotopic (exact) mass is 318 g/mol. The van der Waals surface area contributed by atoms with Crippen molar-refractivity contribution in [2.45, 2.75) is 6.42 Å². The highest BCUT2D eigenvalue weighted by atomic mass is 19.1. The van der Waals surface area contributed by atoms with E-state index in [1.54, 1.807) is 0 Å². The molecule has 6 heteroatoms. The number of halogens is 1. The Morgan fingerprint density at radius 3 is 2.43 bits per heavy atom. The predicted octanol–water partition coefficient (Wildman–Crippen LogP) is 3.00. The minimum absolute atomic E-state index is 0.0107. The molecule has 0 fully saturated rings. The van der Waals surface area contributed by atoms with Crippen LogP contribution in [-0.2, 0) is 0 Å². The first-order valence-electron chi connectivity index (χ1n) is 6.73. The minimum atomic E-state index is -0.599. The van der Waals surface area contributed by atoms with Crippen molar-refractivity contribution < 1.29 is 28.6 Å². The Hall–Kier alpha value is -2.89. The molecular formula is C17H15FO5. The van der Waals surface area contributed by atoms with Crippen molar-refractivity contribution in [1.29, 1.82) is 0 Å². The lowest BCUT2D eigenvalue weighted by atomic mass is 10.0. The molecule has 5 nitrogen and oxygen atoms in total. The maximum atomic E-state index is 13.1. The van der Waals surface area contributed by atoms with E-state index in [1.807, 2.05) is 0 Å². The van der Waals surface area contributed by atoms with E-state index in [0.29, 0.717) is 0 Å². The molecule has 0 saturated heterocycles. The van der Waals surface area contributed by atoms with Gasteiger partial charge in [0.15, 0.2) is 23.1 Å². The van der Waals surface area contributed by atoms with Crippen LogP contribution in [0.3, 0.4) is 0 Å². The first-order valence-corrected chi connectivity index (χ1v) is 6.73. The van der Waals surface area contributed by atoms with Crippen molar-refractivity contribution in [3.8, 4) is 17.2 Å². The van der Waals surface area contributed by atoms with Crippen LogP contribution in [0.4, 0.5) is 4.39 Å². The summed E-state index contributed by atoms with van der Waals surface area (Å²) < 4.78 is 23.1. The SMILES string of the molecule is COc1ccc(C(=O)CC(=O)c2cccc(F)c2)c(O)c1OC. The van der Waals surface area contributed by atoms with E-state index in [4.69, 9.17) is 9.47 Å². The zero-order valence-electron chi connectivity index (χ0n) is 12.6. The van der Waals surface area contributed by atoms with Gasteiger partial charge in [-0.1, -0.05) is 12.1 Å². The average Bonchev–Trinajstić information content (AvgIpc) is 2.54. The smallest absolute Gasteiger partial charge is 0.203 e. The van der Waals surface area contributed by atoms with Crippen molar-refractivity contribution >= 4 is 11.6 Å². The summed E-state index contributed by atoms with van der Waals surface area (Å²) in [6, 6.07) is 7.88. The van der Waals surface area contributed by atoms with Crippen LogP contribution in [0.2, 0.25) is 0 Å². The summed E-state index contributed by atoms with van der Waals surface area (Å²) in [4.78, 5) is 24.3. The number of hydrogen-bond acceptors (Lipinski definition) is 5. The van der Waals surface area contributed by atoms with Crippen LogP contribution in [0, 0.1) is 5.82 Å². The molecule has 0 aliphatic carbocycles. The second-order valence-electron chi connectivity index (χ2n) is 4.73. The molecule has 0 bridgehead atoms. The zero-order chi connectivity index (χ0) is 17.0. The Morgan fingerprint density at radius 2 is 1.83 bits per heavy atom. The van der Waals surface area contributed by atoms with Crippen molar-refractivity contribution in [2.75, 3.05) is 14.2 Å². The number of benzene rings is 2. The number of ketones is 2. The lowest BCUT2D eigenvalue weighted by molar-refractivity contribution is 0.0892. The molecule has 2 aromatic carbocycles. The number of carbonyl (C=O) groups excluding carboxylic acids is 2. The number of Topliss-reactive ketones (excluding diaryl/α,β-unsaturated/α-hetero) is 2. The molecule has 0 atom stereocenters. The van der Waals surface area contributed by atoms with Crippen LogP contribution in [-0.4, -0.2) is 30.9 Å². The predicted molar refractivity (Wildman–Crippen MR) is 80.9 cm³/mol. The molecule has 0 aromatic heterocycles. The summed E-state index contributed by atoms with van der Waals surface area (Å²) in [7, 11) is 2.72. The van der Waals surface area contributed by atoms with Gasteiger partial charge in [0.05, 0.1) is 26.2 Å². The Labute approximate surface area is 132 Å². The topological polar surface area (TPSA) is 72.8 Å². The molecule has 0 spiro atoms. The molecule has 1 N–H and O–H groups in total. The van der Waals surface area contributed by atoms with Gasteiger partial charge in [-0.3, -0.25) is 9.59 Å². The van der Waals surface area contributed by atoms with Crippen LogP contribution < -0.4 is 9.47 Å². The van der Waals surface area contributed by atoms with Gasteiger partial charge in [-0.25, -0.2) is 4.39 Å². The second-order valence-corrected chi connectivity index (χ2v) is 4.73. The third kappa shape index (κ3) is 3.48. The summed E-state index contributed by atoms with van der Waals surface area (Å²) in [6.07, 6.45) is -0.494. The van der Waals surface area contributed by atoms with E-state index in [-0.39, 0.29) is 22.6 Å². The second kappa shape index (κ2) is 6.91. The number of phenolic OH excluding ortho intramolecular Hbond substituents is 1. The molecule has 120 valence electrons. The van der Waals surface area contributed by atoms with Gasteiger partial charge in [0, 0.05) is 5.56 Å². The fourth-order valence-corrected chi connectivity index (χ4v) is 2.14. The fourth-order valence-electron chi connectivity index (χ4n) is 2.14. The van der Waals surface area contributed by atoms with E-state index < -0.39 is 29.6 Å². The van der Waals surface area contributed by atoms with E-state index in [9.17, 15) is 19.1 Å². The summed E-state index contributed by atoms with van der Waals surface area (Å²) >= 11 is 0. The Morgan fingerprint density at radius 1 is 1.09 bits per heavy atom. The van der Waals surface area contributed by atoms with Gasteiger partial charge in [0.25, 0.3) is 0 Å². The number of aromatic hydroxyl groups is 1. The highest BCUT2D eigenvalue weighted by Crippen LogP contribution is 2.39. The molecule has 0 aliphatic heterocycles. The summed E-state index contributed by atoms with van der Waals surface area (Å²) in [5, 5.41) is 10.1. The van der Waals surface area contributed by atoms with Crippen molar-refractivity contribution in [3.63, 3.8) is 0 Å². The first-order chi connectivity index (χ1) is 11.0. The van der Waals surface area contributed by atoms with Gasteiger partial charge in [-0.15, -0.1) is 0 Å². The molecule has 0 saturated carbocycles. The van der Waals surface area contributed by atoms with Crippen molar-refractivity contribution in [1.82, 2.24) is 0 Å². The Bertz CT molecular complexity index is 755. The molecule has 23 heavy (non-hydrogen) atoms. The maximum absolute atomic E-state index is 13.1. The molecular weight excluding hydrogens is 303 g/mol. The lowest BCUT2D eigenvalue weighted by Crippen LogP contribution is -2.09. The van der Waals surface area contributed by atoms with E-state index >= 15 is 0 Å².